The van der Waals surface area contributed by atoms with Crippen LogP contribution in [0.25, 0.3) is 0 Å². The fourth-order valence-corrected chi connectivity index (χ4v) is 5.89. The number of carbonyl (C=O) groups is 2. The summed E-state index contributed by atoms with van der Waals surface area (Å²) >= 11 is 5.61. The Labute approximate surface area is 291 Å². The van der Waals surface area contributed by atoms with Crippen LogP contribution in [0.2, 0.25) is 0 Å². The van der Waals surface area contributed by atoms with Gasteiger partial charge >= 0.3 is 0 Å². The molecule has 0 radical (unpaired) electrons. The highest BCUT2D eigenvalue weighted by molar-refractivity contribution is 6.29. The van der Waals surface area contributed by atoms with E-state index in [1.165, 1.54) is 11.1 Å². The number of nitrogens with zero attached hydrogens (tertiary/aromatic N) is 3. The lowest BCUT2D eigenvalue weighted by Crippen LogP contribution is -2.62. The van der Waals surface area contributed by atoms with E-state index in [1.807, 2.05) is 39.5 Å². The summed E-state index contributed by atoms with van der Waals surface area (Å²) in [5, 5.41) is 7.42. The van der Waals surface area contributed by atoms with Crippen molar-refractivity contribution in [2.45, 2.75) is 132 Å². The maximum absolute atomic E-state index is 12.9. The van der Waals surface area contributed by atoms with Crippen molar-refractivity contribution in [3.05, 3.63) is 57.6 Å². The molecular weight excluding hydrogens is 610 g/mol. The summed E-state index contributed by atoms with van der Waals surface area (Å²) in [6.45, 7) is 28.0. The molecule has 0 aromatic heterocycles. The van der Waals surface area contributed by atoms with Crippen LogP contribution in [0.3, 0.4) is 0 Å². The van der Waals surface area contributed by atoms with E-state index in [0.29, 0.717) is 40.8 Å². The predicted molar refractivity (Wildman–Crippen MR) is 199 cm³/mol. The lowest BCUT2D eigenvalue weighted by Gasteiger charge is -2.49. The number of carbonyl (C=O) groups excluding carboxylic acids is 2. The second-order valence-corrected chi connectivity index (χ2v) is 13.2. The van der Waals surface area contributed by atoms with Crippen LogP contribution in [0.15, 0.2) is 57.6 Å². The highest BCUT2D eigenvalue weighted by Crippen LogP contribution is 2.26. The van der Waals surface area contributed by atoms with Gasteiger partial charge in [0.25, 0.3) is 11.8 Å². The first-order valence-corrected chi connectivity index (χ1v) is 18.0. The Hall–Kier alpha value is -2.75. The Balaban J connectivity index is 0.00000108. The van der Waals surface area contributed by atoms with Crippen LogP contribution in [0.5, 0.6) is 0 Å². The number of hydrogen-bond acceptors (Lipinski definition) is 7. The number of rotatable bonds is 11. The molecule has 0 aromatic rings. The van der Waals surface area contributed by atoms with Crippen LogP contribution in [-0.2, 0) is 9.59 Å². The molecule has 2 heterocycles. The van der Waals surface area contributed by atoms with Crippen molar-refractivity contribution in [3.8, 4) is 0 Å². The van der Waals surface area contributed by atoms with Gasteiger partial charge in [0.2, 0.25) is 0 Å². The molecule has 10 heteroatoms. The van der Waals surface area contributed by atoms with Gasteiger partial charge in [0.05, 0.1) is 11.1 Å². The number of nitrogens with one attached hydrogen (secondary N) is 2. The topological polar surface area (TPSA) is 120 Å². The van der Waals surface area contributed by atoms with Crippen molar-refractivity contribution in [1.29, 1.82) is 0 Å². The first kappa shape index (κ1) is 42.3. The Morgan fingerprint density at radius 1 is 0.979 bits per heavy atom. The number of amides is 2. The average Bonchev–Trinajstić information content (AvgIpc) is 3.90. The molecular formula is C37H66ClN7O2. The SMILES string of the molecule is C=C/C(C(=O)N1CCC(N2CCN(C(N/C(N)=C(\C)C(=O)NC3CC3)/C(C)=C\C)CC2CC)CC1)=C(\C)N.CC.CCC(C)=C(C)Cl. The Morgan fingerprint density at radius 3 is 2.00 bits per heavy atom. The maximum atomic E-state index is 12.9. The van der Waals surface area contributed by atoms with Crippen molar-refractivity contribution in [1.82, 2.24) is 25.3 Å². The summed E-state index contributed by atoms with van der Waals surface area (Å²) in [5.74, 6) is 0.327. The summed E-state index contributed by atoms with van der Waals surface area (Å²) in [5.41, 5.74) is 16.3. The summed E-state index contributed by atoms with van der Waals surface area (Å²) < 4.78 is 0. The number of hydrogen-bond donors (Lipinski definition) is 4. The number of piperazine rings is 1. The maximum Gasteiger partial charge on any atom is 0.255 e. The van der Waals surface area contributed by atoms with Crippen LogP contribution in [-0.4, -0.2) is 83.5 Å². The van der Waals surface area contributed by atoms with E-state index >= 15 is 0 Å². The number of nitrogens with two attached hydrogens (primary N) is 2. The van der Waals surface area contributed by atoms with Gasteiger partial charge < -0.3 is 27.0 Å². The first-order chi connectivity index (χ1) is 22.3. The molecule has 268 valence electrons. The van der Waals surface area contributed by atoms with Gasteiger partial charge in [-0.25, -0.2) is 0 Å². The minimum atomic E-state index is -0.0900. The van der Waals surface area contributed by atoms with E-state index in [2.05, 4.69) is 53.9 Å². The van der Waals surface area contributed by atoms with E-state index in [-0.39, 0.29) is 18.0 Å². The van der Waals surface area contributed by atoms with E-state index in [0.717, 1.165) is 76.3 Å². The van der Waals surface area contributed by atoms with Crippen molar-refractivity contribution >= 4 is 23.4 Å². The van der Waals surface area contributed by atoms with E-state index in [4.69, 9.17) is 23.1 Å². The van der Waals surface area contributed by atoms with E-state index in [1.54, 1.807) is 19.9 Å². The monoisotopic (exact) mass is 675 g/mol. The second kappa shape index (κ2) is 21.3. The Morgan fingerprint density at radius 2 is 1.57 bits per heavy atom. The third-order valence-electron chi connectivity index (χ3n) is 9.43. The number of piperidine rings is 1. The minimum absolute atomic E-state index is 0.0159. The lowest BCUT2D eigenvalue weighted by atomic mass is 9.97. The summed E-state index contributed by atoms with van der Waals surface area (Å²) in [7, 11) is 0. The normalized spacial score (nSPS) is 21.8. The molecule has 3 rings (SSSR count). The molecule has 2 saturated heterocycles. The molecule has 2 unspecified atom stereocenters. The molecule has 0 bridgehead atoms. The third-order valence-corrected chi connectivity index (χ3v) is 9.75. The quantitative estimate of drug-likeness (QED) is 0.119. The molecule has 0 spiro atoms. The van der Waals surface area contributed by atoms with Crippen molar-refractivity contribution in [2.75, 3.05) is 32.7 Å². The van der Waals surface area contributed by atoms with Crippen LogP contribution < -0.4 is 22.1 Å². The smallest absolute Gasteiger partial charge is 0.255 e. The molecule has 6 N–H and O–H groups in total. The average molecular weight is 676 g/mol. The highest BCUT2D eigenvalue weighted by atomic mass is 35.5. The van der Waals surface area contributed by atoms with Gasteiger partial charge in [-0.1, -0.05) is 63.6 Å². The van der Waals surface area contributed by atoms with Crippen LogP contribution in [0, 0.1) is 0 Å². The molecule has 1 saturated carbocycles. The van der Waals surface area contributed by atoms with Crippen LogP contribution in [0.4, 0.5) is 0 Å². The lowest BCUT2D eigenvalue weighted by molar-refractivity contribution is -0.128. The molecule has 47 heavy (non-hydrogen) atoms. The zero-order valence-corrected chi connectivity index (χ0v) is 31.9. The first-order valence-electron chi connectivity index (χ1n) is 17.7. The minimum Gasteiger partial charge on any atom is -0.402 e. The molecule has 2 aliphatic heterocycles. The van der Waals surface area contributed by atoms with Gasteiger partial charge in [0, 0.05) is 61.6 Å². The van der Waals surface area contributed by atoms with E-state index < -0.39 is 0 Å². The zero-order chi connectivity index (χ0) is 35.8. The molecule has 0 aromatic carbocycles. The number of halogens is 1. The zero-order valence-electron chi connectivity index (χ0n) is 31.1. The largest absolute Gasteiger partial charge is 0.402 e. The van der Waals surface area contributed by atoms with Crippen molar-refractivity contribution in [3.63, 3.8) is 0 Å². The molecule has 1 aliphatic carbocycles. The number of allylic oxidation sites excluding steroid dienone is 4. The summed E-state index contributed by atoms with van der Waals surface area (Å²) in [6.07, 6.45) is 9.72. The highest BCUT2D eigenvalue weighted by Gasteiger charge is 2.36. The third kappa shape index (κ3) is 13.0. The summed E-state index contributed by atoms with van der Waals surface area (Å²) in [6, 6.07) is 1.16. The summed E-state index contributed by atoms with van der Waals surface area (Å²) in [4.78, 5) is 32.4. The fourth-order valence-electron chi connectivity index (χ4n) is 5.75. The van der Waals surface area contributed by atoms with Crippen LogP contribution >= 0.6 is 11.6 Å². The predicted octanol–water partition coefficient (Wildman–Crippen LogP) is 6.10. The van der Waals surface area contributed by atoms with Crippen molar-refractivity contribution < 1.29 is 9.59 Å². The molecule has 3 fully saturated rings. The van der Waals surface area contributed by atoms with Gasteiger partial charge in [-0.2, -0.15) is 0 Å². The Kier molecular flexibility index (Phi) is 19.1. The van der Waals surface area contributed by atoms with Gasteiger partial charge in [-0.15, -0.1) is 0 Å². The van der Waals surface area contributed by atoms with Gasteiger partial charge in [0.1, 0.15) is 12.0 Å². The van der Waals surface area contributed by atoms with Gasteiger partial charge in [-0.05, 0) is 85.6 Å². The van der Waals surface area contributed by atoms with Crippen molar-refractivity contribution in [2.24, 2.45) is 11.5 Å². The number of likely N-dealkylation sites (tertiary alicyclic amines) is 1. The Bertz CT molecular complexity index is 1160. The van der Waals surface area contributed by atoms with Gasteiger partial charge in [-0.3, -0.25) is 19.4 Å². The second-order valence-electron chi connectivity index (χ2n) is 12.7. The molecule has 2 amide bonds. The van der Waals surface area contributed by atoms with Crippen LogP contribution in [0.1, 0.15) is 108 Å². The van der Waals surface area contributed by atoms with Gasteiger partial charge in [0.15, 0.2) is 0 Å². The fraction of sp³-hybridized carbons (Fsp3) is 0.676. The standard InChI is InChI=1S/C29H49N7O2.C6H11Cl.C2H6/c1-7-19(4)27(33-26(31)20(5)28(37)32-22-10-11-22)35-16-17-36(23(8-2)18-35)24-12-14-34(15-13-24)29(38)25(9-3)21(6)30;1-4-5(2)6(3)7;1-2/h7,9,22-24,27,33H,3,8,10-18,30-31H2,1-2,4-6H3,(H,32,37);4H2,1-3H3;1-2H3/b19-7-,25-21-,26-20+;;. The molecule has 2 atom stereocenters. The molecule has 3 aliphatic rings. The molecule has 9 nitrogen and oxygen atoms in total. The van der Waals surface area contributed by atoms with E-state index in [9.17, 15) is 9.59 Å².